The van der Waals surface area contributed by atoms with E-state index in [2.05, 4.69) is 5.32 Å². The van der Waals surface area contributed by atoms with Crippen molar-refractivity contribution in [1.29, 1.82) is 0 Å². The SMILES string of the molecule is CN1C(=O)COc2cc(NCC(O)CO)ccc21. The molecule has 2 rings (SSSR count). The smallest absolute Gasteiger partial charge is 0.264 e. The van der Waals surface area contributed by atoms with Gasteiger partial charge in [0.25, 0.3) is 5.91 Å². The highest BCUT2D eigenvalue weighted by Crippen LogP contribution is 2.33. The lowest BCUT2D eigenvalue weighted by molar-refractivity contribution is -0.120. The van der Waals surface area contributed by atoms with Crippen LogP contribution in [0.25, 0.3) is 0 Å². The number of carbonyl (C=O) groups is 1. The van der Waals surface area contributed by atoms with E-state index in [-0.39, 0.29) is 25.7 Å². The number of likely N-dealkylation sites (N-methyl/N-ethyl adjacent to an activating group) is 1. The molecule has 1 aromatic rings. The molecular formula is C12H16N2O4. The van der Waals surface area contributed by atoms with Crippen LogP contribution in [0.1, 0.15) is 0 Å². The van der Waals surface area contributed by atoms with Crippen molar-refractivity contribution < 1.29 is 19.7 Å². The molecule has 0 fully saturated rings. The Morgan fingerprint density at radius 2 is 2.33 bits per heavy atom. The molecule has 1 aliphatic rings. The van der Waals surface area contributed by atoms with Gasteiger partial charge in [0.1, 0.15) is 5.75 Å². The third kappa shape index (κ3) is 2.55. The second-order valence-corrected chi connectivity index (χ2v) is 4.14. The van der Waals surface area contributed by atoms with Crippen LogP contribution in [0, 0.1) is 0 Å². The molecule has 1 heterocycles. The van der Waals surface area contributed by atoms with Crippen molar-refractivity contribution in [3.63, 3.8) is 0 Å². The largest absolute Gasteiger partial charge is 0.481 e. The maximum atomic E-state index is 11.4. The second kappa shape index (κ2) is 5.24. The predicted octanol–water partition coefficient (Wildman–Crippen LogP) is -0.193. The lowest BCUT2D eigenvalue weighted by Crippen LogP contribution is -2.35. The third-order valence-corrected chi connectivity index (χ3v) is 2.80. The van der Waals surface area contributed by atoms with Crippen molar-refractivity contribution in [3.8, 4) is 5.75 Å². The van der Waals surface area contributed by atoms with Gasteiger partial charge in [0.05, 0.1) is 18.4 Å². The molecule has 0 radical (unpaired) electrons. The Kier molecular flexibility index (Phi) is 3.69. The minimum atomic E-state index is -0.800. The Balaban J connectivity index is 2.10. The van der Waals surface area contributed by atoms with Gasteiger partial charge >= 0.3 is 0 Å². The van der Waals surface area contributed by atoms with Crippen molar-refractivity contribution in [2.24, 2.45) is 0 Å². The van der Waals surface area contributed by atoms with Crippen LogP contribution in [0.5, 0.6) is 5.75 Å². The fourth-order valence-corrected chi connectivity index (χ4v) is 1.69. The number of hydrogen-bond donors (Lipinski definition) is 3. The summed E-state index contributed by atoms with van der Waals surface area (Å²) in [5.41, 5.74) is 1.49. The highest BCUT2D eigenvalue weighted by Gasteiger charge is 2.22. The summed E-state index contributed by atoms with van der Waals surface area (Å²) in [6.45, 7) is 0.00194. The summed E-state index contributed by atoms with van der Waals surface area (Å²) in [5, 5.41) is 20.9. The molecule has 1 aliphatic heterocycles. The van der Waals surface area contributed by atoms with Crippen LogP contribution in [0.15, 0.2) is 18.2 Å². The van der Waals surface area contributed by atoms with Gasteiger partial charge in [-0.2, -0.15) is 0 Å². The molecule has 0 bridgehead atoms. The van der Waals surface area contributed by atoms with Crippen molar-refractivity contribution in [3.05, 3.63) is 18.2 Å². The maximum Gasteiger partial charge on any atom is 0.264 e. The normalized spacial score (nSPS) is 15.9. The van der Waals surface area contributed by atoms with Gasteiger partial charge in [0, 0.05) is 25.3 Å². The highest BCUT2D eigenvalue weighted by molar-refractivity contribution is 5.97. The summed E-state index contributed by atoms with van der Waals surface area (Å²) in [6, 6.07) is 5.34. The van der Waals surface area contributed by atoms with Gasteiger partial charge in [-0.1, -0.05) is 0 Å². The van der Waals surface area contributed by atoms with E-state index in [1.54, 1.807) is 30.1 Å². The first-order chi connectivity index (χ1) is 8.61. The van der Waals surface area contributed by atoms with Gasteiger partial charge in [-0.25, -0.2) is 0 Å². The molecule has 0 saturated carbocycles. The van der Waals surface area contributed by atoms with E-state index in [1.165, 1.54) is 0 Å². The van der Waals surface area contributed by atoms with E-state index in [4.69, 9.17) is 9.84 Å². The summed E-state index contributed by atoms with van der Waals surface area (Å²) >= 11 is 0. The standard InChI is InChI=1S/C12H16N2O4/c1-14-10-3-2-8(13-5-9(16)6-15)4-11(10)18-7-12(14)17/h2-4,9,13,15-16H,5-7H2,1H3. The first-order valence-electron chi connectivity index (χ1n) is 5.68. The summed E-state index contributed by atoms with van der Waals surface area (Å²) in [6.07, 6.45) is -0.800. The molecule has 0 aliphatic carbocycles. The average molecular weight is 252 g/mol. The van der Waals surface area contributed by atoms with Gasteiger partial charge in [0.2, 0.25) is 0 Å². The van der Waals surface area contributed by atoms with Crippen LogP contribution in [0.2, 0.25) is 0 Å². The van der Waals surface area contributed by atoms with Crippen LogP contribution in [0.4, 0.5) is 11.4 Å². The average Bonchev–Trinajstić information content (AvgIpc) is 2.40. The second-order valence-electron chi connectivity index (χ2n) is 4.14. The van der Waals surface area contributed by atoms with Crippen LogP contribution in [-0.2, 0) is 4.79 Å². The van der Waals surface area contributed by atoms with Crippen molar-refractivity contribution in [2.75, 3.05) is 37.0 Å². The summed E-state index contributed by atoms with van der Waals surface area (Å²) in [7, 11) is 1.70. The number of nitrogens with zero attached hydrogens (tertiary/aromatic N) is 1. The minimum absolute atomic E-state index is 0.0339. The zero-order valence-corrected chi connectivity index (χ0v) is 10.1. The highest BCUT2D eigenvalue weighted by atomic mass is 16.5. The minimum Gasteiger partial charge on any atom is -0.481 e. The Morgan fingerprint density at radius 1 is 1.56 bits per heavy atom. The monoisotopic (exact) mass is 252 g/mol. The van der Waals surface area contributed by atoms with Gasteiger partial charge in [-0.05, 0) is 12.1 Å². The van der Waals surface area contributed by atoms with Gasteiger partial charge in [-0.15, -0.1) is 0 Å². The van der Waals surface area contributed by atoms with Crippen LogP contribution in [-0.4, -0.2) is 49.0 Å². The number of aliphatic hydroxyl groups excluding tert-OH is 2. The topological polar surface area (TPSA) is 82.0 Å². The first-order valence-corrected chi connectivity index (χ1v) is 5.68. The van der Waals surface area contributed by atoms with E-state index in [1.807, 2.05) is 0 Å². The summed E-state index contributed by atoms with van der Waals surface area (Å²) in [4.78, 5) is 13.0. The Hall–Kier alpha value is -1.79. The van der Waals surface area contributed by atoms with E-state index in [9.17, 15) is 9.90 Å². The predicted molar refractivity (Wildman–Crippen MR) is 66.9 cm³/mol. The van der Waals surface area contributed by atoms with E-state index in [0.29, 0.717) is 5.75 Å². The van der Waals surface area contributed by atoms with Crippen molar-refractivity contribution >= 4 is 17.3 Å². The molecule has 98 valence electrons. The van der Waals surface area contributed by atoms with Crippen molar-refractivity contribution in [2.45, 2.75) is 6.10 Å². The molecule has 18 heavy (non-hydrogen) atoms. The van der Waals surface area contributed by atoms with Crippen LogP contribution < -0.4 is 15.0 Å². The Labute approximate surface area is 105 Å². The van der Waals surface area contributed by atoms with E-state index >= 15 is 0 Å². The molecule has 1 aromatic carbocycles. The number of ether oxygens (including phenoxy) is 1. The molecule has 1 unspecified atom stereocenters. The Bertz CT molecular complexity index is 450. The maximum absolute atomic E-state index is 11.4. The third-order valence-electron chi connectivity index (χ3n) is 2.80. The number of nitrogens with one attached hydrogen (secondary N) is 1. The number of aliphatic hydroxyl groups is 2. The van der Waals surface area contributed by atoms with Gasteiger partial charge < -0.3 is 25.2 Å². The molecule has 1 amide bonds. The molecule has 6 heteroatoms. The first kappa shape index (κ1) is 12.7. The molecule has 3 N–H and O–H groups in total. The quantitative estimate of drug-likeness (QED) is 0.691. The van der Waals surface area contributed by atoms with Crippen LogP contribution in [0.3, 0.4) is 0 Å². The number of amides is 1. The number of fused-ring (bicyclic) bond motifs is 1. The molecule has 6 nitrogen and oxygen atoms in total. The fraction of sp³-hybridized carbons (Fsp3) is 0.417. The Morgan fingerprint density at radius 3 is 3.06 bits per heavy atom. The summed E-state index contributed by atoms with van der Waals surface area (Å²) in [5.74, 6) is 0.541. The number of benzene rings is 1. The molecule has 0 spiro atoms. The van der Waals surface area contributed by atoms with E-state index in [0.717, 1.165) is 11.4 Å². The molecular weight excluding hydrogens is 236 g/mol. The lowest BCUT2D eigenvalue weighted by atomic mass is 10.2. The zero-order chi connectivity index (χ0) is 13.1. The molecule has 0 aromatic heterocycles. The number of carbonyl (C=O) groups excluding carboxylic acids is 1. The van der Waals surface area contributed by atoms with Gasteiger partial charge in [-0.3, -0.25) is 4.79 Å². The lowest BCUT2D eigenvalue weighted by Gasteiger charge is -2.26. The van der Waals surface area contributed by atoms with Gasteiger partial charge in [0.15, 0.2) is 6.61 Å². The van der Waals surface area contributed by atoms with Crippen LogP contribution >= 0.6 is 0 Å². The van der Waals surface area contributed by atoms with E-state index < -0.39 is 6.10 Å². The fourth-order valence-electron chi connectivity index (χ4n) is 1.69. The number of rotatable bonds is 4. The molecule has 0 saturated heterocycles. The van der Waals surface area contributed by atoms with Crippen molar-refractivity contribution in [1.82, 2.24) is 0 Å². The number of hydrogen-bond acceptors (Lipinski definition) is 5. The molecule has 1 atom stereocenters. The number of anilines is 2. The zero-order valence-electron chi connectivity index (χ0n) is 10.1. The summed E-state index contributed by atoms with van der Waals surface area (Å²) < 4.78 is 5.34.